The zero-order valence-electron chi connectivity index (χ0n) is 9.12. The van der Waals surface area contributed by atoms with Gasteiger partial charge in [-0.15, -0.1) is 17.4 Å². The molecule has 0 aliphatic heterocycles. The predicted molar refractivity (Wildman–Crippen MR) is 58.5 cm³/mol. The molecular weight excluding hydrogens is 194 g/mol. The molecule has 0 aliphatic rings. The average molecular weight is 209 g/mol. The number of terminal acetylenes is 1. The van der Waals surface area contributed by atoms with Gasteiger partial charge >= 0.3 is 0 Å². The summed E-state index contributed by atoms with van der Waals surface area (Å²) in [6, 6.07) is 0. The fraction of sp³-hybridized carbons (Fsp3) is 0.500. The molecule has 1 rings (SSSR count). The summed E-state index contributed by atoms with van der Waals surface area (Å²) >= 11 is 0. The normalized spacial score (nSPS) is 6.87. The molecule has 0 spiro atoms. The molecule has 2 N–H and O–H groups in total. The highest BCUT2D eigenvalue weighted by atomic mass is 15.4. The number of nitrogens with zero attached hydrogens (tertiary/aromatic N) is 6. The molecule has 7 heteroatoms. The molecule has 0 saturated heterocycles. The quantitative estimate of drug-likeness (QED) is 0.320. The lowest BCUT2D eigenvalue weighted by atomic mass is 10.5. The summed E-state index contributed by atoms with van der Waals surface area (Å²) in [6.07, 6.45) is 6.39. The van der Waals surface area contributed by atoms with Gasteiger partial charge in [0, 0.05) is 31.7 Å². The highest BCUT2D eigenvalue weighted by Gasteiger charge is 1.90. The number of nitrogens with two attached hydrogens (primary N) is 1. The Balaban J connectivity index is 0. The second-order valence-corrected chi connectivity index (χ2v) is 2.17. The Hall–Kier alpha value is -2.03. The zero-order valence-corrected chi connectivity index (χ0v) is 9.12. The highest BCUT2D eigenvalue weighted by Crippen LogP contribution is 1.85. The van der Waals surface area contributed by atoms with E-state index in [0.717, 1.165) is 5.69 Å². The Kier molecular flexibility index (Phi) is 12.3. The number of hydrogen-bond donors (Lipinski definition) is 1. The van der Waals surface area contributed by atoms with Crippen LogP contribution in [0, 0.1) is 12.3 Å². The molecule has 0 saturated carbocycles. The van der Waals surface area contributed by atoms with Crippen molar-refractivity contribution in [3.05, 3.63) is 22.3 Å². The second kappa shape index (κ2) is 12.0. The van der Waals surface area contributed by atoms with E-state index in [0.29, 0.717) is 6.54 Å². The van der Waals surface area contributed by atoms with Crippen LogP contribution in [0.25, 0.3) is 10.4 Å². The van der Waals surface area contributed by atoms with Crippen LogP contribution in [0.3, 0.4) is 0 Å². The number of aryl methyl sites for hydroxylation is 1. The summed E-state index contributed by atoms with van der Waals surface area (Å²) in [5.41, 5.74) is 13.4. The van der Waals surface area contributed by atoms with Gasteiger partial charge in [0.15, 0.2) is 0 Å². The molecule has 0 unspecified atom stereocenters. The first-order chi connectivity index (χ1) is 7.15. The summed E-state index contributed by atoms with van der Waals surface area (Å²) in [4.78, 5) is 2.36. The van der Waals surface area contributed by atoms with Crippen LogP contribution in [-0.4, -0.2) is 22.0 Å². The SMILES string of the molecule is C#CC.CN=[N+]=[N-].Cn1cc(CN)nn1. The van der Waals surface area contributed by atoms with Gasteiger partial charge in [-0.05, 0) is 12.5 Å². The first kappa shape index (κ1) is 15.4. The molecule has 0 aliphatic carbocycles. The maximum absolute atomic E-state index is 7.33. The Morgan fingerprint density at radius 2 is 2.27 bits per heavy atom. The largest absolute Gasteiger partial charge is 0.325 e. The lowest BCUT2D eigenvalue weighted by Gasteiger charge is -1.79. The van der Waals surface area contributed by atoms with Crippen LogP contribution in [-0.2, 0) is 13.6 Å². The third kappa shape index (κ3) is 12.0. The number of aromatic nitrogens is 3. The Bertz CT molecular complexity index is 329. The lowest BCUT2D eigenvalue weighted by molar-refractivity contribution is 0.713. The minimum absolute atomic E-state index is 0.466. The minimum Gasteiger partial charge on any atom is -0.325 e. The van der Waals surface area contributed by atoms with E-state index >= 15 is 0 Å². The monoisotopic (exact) mass is 209 g/mol. The van der Waals surface area contributed by atoms with Gasteiger partial charge in [0.25, 0.3) is 0 Å². The fourth-order valence-corrected chi connectivity index (χ4v) is 0.489. The molecule has 1 heterocycles. The topological polar surface area (TPSA) is 105 Å². The van der Waals surface area contributed by atoms with Crippen LogP contribution in [0.5, 0.6) is 0 Å². The molecule has 7 nitrogen and oxygen atoms in total. The van der Waals surface area contributed by atoms with Crippen molar-refractivity contribution in [3.8, 4) is 12.3 Å². The van der Waals surface area contributed by atoms with E-state index in [9.17, 15) is 0 Å². The smallest absolute Gasteiger partial charge is 0.0962 e. The van der Waals surface area contributed by atoms with E-state index in [1.807, 2.05) is 7.05 Å². The molecule has 1 aromatic heterocycles. The van der Waals surface area contributed by atoms with Crippen molar-refractivity contribution in [3.63, 3.8) is 0 Å². The Morgan fingerprint density at radius 3 is 2.40 bits per heavy atom. The maximum atomic E-state index is 7.33. The molecule has 82 valence electrons. The fourth-order valence-electron chi connectivity index (χ4n) is 0.489. The predicted octanol–water partition coefficient (Wildman–Crippen LogP) is 0.840. The van der Waals surface area contributed by atoms with Gasteiger partial charge in [0.1, 0.15) is 0 Å². The van der Waals surface area contributed by atoms with E-state index in [1.165, 1.54) is 7.05 Å². The van der Waals surface area contributed by atoms with Crippen molar-refractivity contribution in [2.24, 2.45) is 17.9 Å². The number of azide groups is 1. The van der Waals surface area contributed by atoms with E-state index < -0.39 is 0 Å². The average Bonchev–Trinajstić information content (AvgIpc) is 2.66. The van der Waals surface area contributed by atoms with Crippen LogP contribution in [0.1, 0.15) is 12.6 Å². The summed E-state index contributed by atoms with van der Waals surface area (Å²) in [5, 5.41) is 10.3. The van der Waals surface area contributed by atoms with Gasteiger partial charge in [0.05, 0.1) is 5.69 Å². The molecule has 0 fully saturated rings. The molecular formula is C8H15N7. The van der Waals surface area contributed by atoms with Gasteiger partial charge in [-0.1, -0.05) is 10.3 Å². The van der Waals surface area contributed by atoms with Gasteiger partial charge in [-0.2, -0.15) is 0 Å². The molecule has 0 amide bonds. The van der Waals surface area contributed by atoms with Crippen LogP contribution >= 0.6 is 0 Å². The molecule has 0 aromatic carbocycles. The Labute approximate surface area is 88.9 Å². The van der Waals surface area contributed by atoms with E-state index in [-0.39, 0.29) is 0 Å². The standard InChI is InChI=1S/C4H8N4.C3H4.CH3N3/c1-8-3-4(2-5)6-7-8;1-3-2;1-3-4-2/h3H,2,5H2,1H3;1H,2H3;1H3. The van der Waals surface area contributed by atoms with Crippen LogP contribution in [0.2, 0.25) is 0 Å². The van der Waals surface area contributed by atoms with Crippen molar-refractivity contribution in [1.29, 1.82) is 0 Å². The lowest BCUT2D eigenvalue weighted by Crippen LogP contribution is -1.95. The summed E-state index contributed by atoms with van der Waals surface area (Å²) < 4.78 is 1.63. The number of hydrogen-bond acceptors (Lipinski definition) is 4. The van der Waals surface area contributed by atoms with Crippen molar-refractivity contribution in [2.45, 2.75) is 13.5 Å². The summed E-state index contributed by atoms with van der Waals surface area (Å²) in [7, 11) is 3.20. The van der Waals surface area contributed by atoms with Gasteiger partial charge in [0.2, 0.25) is 0 Å². The van der Waals surface area contributed by atoms with Crippen molar-refractivity contribution in [1.82, 2.24) is 15.0 Å². The zero-order chi connectivity index (χ0) is 12.1. The second-order valence-electron chi connectivity index (χ2n) is 2.17. The summed E-state index contributed by atoms with van der Waals surface area (Å²) in [6.45, 7) is 2.12. The van der Waals surface area contributed by atoms with Gasteiger partial charge < -0.3 is 5.73 Å². The van der Waals surface area contributed by atoms with E-state index in [2.05, 4.69) is 32.7 Å². The minimum atomic E-state index is 0.466. The maximum Gasteiger partial charge on any atom is 0.0962 e. The molecule has 0 atom stereocenters. The highest BCUT2D eigenvalue weighted by molar-refractivity contribution is 4.89. The van der Waals surface area contributed by atoms with Gasteiger partial charge in [-0.25, -0.2) is 0 Å². The van der Waals surface area contributed by atoms with Crippen molar-refractivity contribution in [2.75, 3.05) is 7.05 Å². The summed E-state index contributed by atoms with van der Waals surface area (Å²) in [5.74, 6) is 2.25. The molecule has 0 bridgehead atoms. The third-order valence-electron chi connectivity index (χ3n) is 0.949. The van der Waals surface area contributed by atoms with Crippen LogP contribution in [0.4, 0.5) is 0 Å². The van der Waals surface area contributed by atoms with E-state index in [1.54, 1.807) is 17.8 Å². The Morgan fingerprint density at radius 1 is 1.80 bits per heavy atom. The number of rotatable bonds is 1. The third-order valence-corrected chi connectivity index (χ3v) is 0.949. The van der Waals surface area contributed by atoms with Crippen LogP contribution < -0.4 is 5.73 Å². The van der Waals surface area contributed by atoms with Crippen LogP contribution in [0.15, 0.2) is 11.3 Å². The van der Waals surface area contributed by atoms with Crippen molar-refractivity contribution >= 4 is 0 Å². The molecule has 15 heavy (non-hydrogen) atoms. The molecule has 0 radical (unpaired) electrons. The molecule has 1 aromatic rings. The first-order valence-electron chi connectivity index (χ1n) is 4.02. The van der Waals surface area contributed by atoms with Crippen molar-refractivity contribution < 1.29 is 0 Å². The van der Waals surface area contributed by atoms with E-state index in [4.69, 9.17) is 11.3 Å². The first-order valence-corrected chi connectivity index (χ1v) is 4.02. The van der Waals surface area contributed by atoms with Gasteiger partial charge in [-0.3, -0.25) is 4.68 Å².